The second-order valence-corrected chi connectivity index (χ2v) is 9.74. The number of aromatic nitrogens is 1. The molecule has 28 heavy (non-hydrogen) atoms. The van der Waals surface area contributed by atoms with E-state index in [1.165, 1.54) is 23.1 Å². The fourth-order valence-corrected chi connectivity index (χ4v) is 5.74. The smallest absolute Gasteiger partial charge is 0.163 e. The van der Waals surface area contributed by atoms with Gasteiger partial charge in [0.25, 0.3) is 0 Å². The fraction of sp³-hybridized carbons (Fsp3) is 0.316. The van der Waals surface area contributed by atoms with E-state index in [-0.39, 0.29) is 0 Å². The molecule has 0 bridgehead atoms. The average Bonchev–Trinajstić information content (AvgIpc) is 3.27. The number of ether oxygens (including phenoxy) is 1. The van der Waals surface area contributed by atoms with E-state index >= 15 is 0 Å². The van der Waals surface area contributed by atoms with Crippen molar-refractivity contribution in [3.8, 4) is 6.07 Å². The summed E-state index contributed by atoms with van der Waals surface area (Å²) in [7, 11) is 0.640. The maximum absolute atomic E-state index is 12.3. The number of rotatable bonds is 9. The molecule has 0 radical (unpaired) electrons. The highest BCUT2D eigenvalue weighted by Crippen LogP contribution is 2.31. The van der Waals surface area contributed by atoms with Gasteiger partial charge in [0.05, 0.1) is 16.4 Å². The molecule has 1 aliphatic heterocycles. The second kappa shape index (κ2) is 10.5. The molecule has 0 saturated carbocycles. The Labute approximate surface area is 175 Å². The van der Waals surface area contributed by atoms with Gasteiger partial charge in [0.15, 0.2) is 10.8 Å². The number of thiazole rings is 1. The van der Waals surface area contributed by atoms with E-state index in [0.717, 1.165) is 22.7 Å². The van der Waals surface area contributed by atoms with Crippen LogP contribution in [0.25, 0.3) is 5.70 Å². The van der Waals surface area contributed by atoms with Gasteiger partial charge in [0.2, 0.25) is 0 Å². The highest BCUT2D eigenvalue weighted by molar-refractivity contribution is 8.10. The summed E-state index contributed by atoms with van der Waals surface area (Å²) in [6.45, 7) is 0.595. The first kappa shape index (κ1) is 20.7. The summed E-state index contributed by atoms with van der Waals surface area (Å²) in [6, 6.07) is 12.0. The quantitative estimate of drug-likeness (QED) is 0.612. The van der Waals surface area contributed by atoms with Crippen molar-refractivity contribution in [2.45, 2.75) is 11.8 Å². The highest BCUT2D eigenvalue weighted by Gasteiger charge is 2.27. The molecule has 2 unspecified atom stereocenters. The zero-order chi connectivity index (χ0) is 19.8. The van der Waals surface area contributed by atoms with E-state index in [0.29, 0.717) is 28.9 Å². The van der Waals surface area contributed by atoms with E-state index in [1.807, 2.05) is 35.7 Å². The Hall–Kier alpha value is -1.99. The van der Waals surface area contributed by atoms with E-state index in [1.54, 1.807) is 13.3 Å². The van der Waals surface area contributed by atoms with Crippen LogP contribution < -0.4 is 5.32 Å². The second-order valence-electron chi connectivity index (χ2n) is 5.83. The van der Waals surface area contributed by atoms with Gasteiger partial charge in [-0.15, -0.1) is 23.1 Å². The van der Waals surface area contributed by atoms with E-state index in [2.05, 4.69) is 16.4 Å². The maximum atomic E-state index is 12.3. The molecule has 6 nitrogen and oxygen atoms in total. The van der Waals surface area contributed by atoms with Crippen molar-refractivity contribution in [2.24, 2.45) is 4.99 Å². The van der Waals surface area contributed by atoms with Crippen LogP contribution in [0.1, 0.15) is 17.0 Å². The fourth-order valence-electron chi connectivity index (χ4n) is 2.60. The normalized spacial score (nSPS) is 17.6. The Bertz CT molecular complexity index is 905. The van der Waals surface area contributed by atoms with Crippen LogP contribution in [0.3, 0.4) is 0 Å². The standard InChI is InChI=1S/C19H20N4O2S3/c1-25-9-5-11-28(24)13-27-18-15(12-20)16(14-6-3-2-4-7-14)22-17(23-18)19-21-8-10-26-19/h2-4,6-8,10,18H,5,9,11,13H2,1H3,(H,22,23). The number of amidine groups is 1. The zero-order valence-electron chi connectivity index (χ0n) is 15.3. The lowest BCUT2D eigenvalue weighted by Crippen LogP contribution is -2.31. The van der Waals surface area contributed by atoms with Gasteiger partial charge in [-0.2, -0.15) is 5.26 Å². The molecule has 1 aliphatic rings. The van der Waals surface area contributed by atoms with Crippen molar-refractivity contribution in [3.63, 3.8) is 0 Å². The van der Waals surface area contributed by atoms with E-state index in [9.17, 15) is 9.47 Å². The third kappa shape index (κ3) is 5.29. The topological polar surface area (TPSA) is 87.4 Å². The summed E-state index contributed by atoms with van der Waals surface area (Å²) in [5.41, 5.74) is 2.17. The highest BCUT2D eigenvalue weighted by atomic mass is 32.2. The van der Waals surface area contributed by atoms with Crippen LogP contribution in [0, 0.1) is 11.3 Å². The Morgan fingerprint density at radius 3 is 2.89 bits per heavy atom. The van der Waals surface area contributed by atoms with Gasteiger partial charge in [0.1, 0.15) is 11.4 Å². The number of benzene rings is 1. The van der Waals surface area contributed by atoms with Crippen molar-refractivity contribution in [2.75, 3.05) is 24.6 Å². The van der Waals surface area contributed by atoms with Crippen LogP contribution in [-0.4, -0.2) is 45.0 Å². The Balaban J connectivity index is 1.84. The van der Waals surface area contributed by atoms with Crippen LogP contribution in [0.15, 0.2) is 52.5 Å². The van der Waals surface area contributed by atoms with Crippen LogP contribution in [0.5, 0.6) is 0 Å². The number of nitrogens with zero attached hydrogens (tertiary/aromatic N) is 3. The number of hydrogen-bond acceptors (Lipinski definition) is 8. The summed E-state index contributed by atoms with van der Waals surface area (Å²) in [4.78, 5) is 9.03. The molecule has 0 amide bonds. The summed E-state index contributed by atoms with van der Waals surface area (Å²) in [6.07, 6.45) is 2.47. The molecule has 1 aromatic heterocycles. The van der Waals surface area contributed by atoms with Crippen molar-refractivity contribution in [1.82, 2.24) is 10.3 Å². The Morgan fingerprint density at radius 1 is 1.39 bits per heavy atom. The van der Waals surface area contributed by atoms with Crippen molar-refractivity contribution in [3.05, 3.63) is 58.1 Å². The SMILES string of the molecule is COCCCS(=O)CSC1N=C(c2nccs2)NC(c2ccccc2)=C1C#N. The molecule has 3 rings (SSSR count). The molecule has 9 heteroatoms. The van der Waals surface area contributed by atoms with Gasteiger partial charge in [-0.3, -0.25) is 4.21 Å². The first-order valence-electron chi connectivity index (χ1n) is 8.63. The third-order valence-corrected chi connectivity index (χ3v) is 7.68. The molecule has 2 atom stereocenters. The Morgan fingerprint density at radius 2 is 2.21 bits per heavy atom. The van der Waals surface area contributed by atoms with E-state index in [4.69, 9.17) is 9.73 Å². The molecular weight excluding hydrogens is 412 g/mol. The molecule has 0 spiro atoms. The van der Waals surface area contributed by atoms with Gasteiger partial charge >= 0.3 is 0 Å². The summed E-state index contributed by atoms with van der Waals surface area (Å²) >= 11 is 2.91. The van der Waals surface area contributed by atoms with Gasteiger partial charge in [-0.05, 0) is 12.0 Å². The lowest BCUT2D eigenvalue weighted by Gasteiger charge is -2.24. The van der Waals surface area contributed by atoms with Gasteiger partial charge < -0.3 is 10.1 Å². The third-order valence-electron chi connectivity index (χ3n) is 3.90. The lowest BCUT2D eigenvalue weighted by atomic mass is 10.1. The first-order chi connectivity index (χ1) is 13.7. The average molecular weight is 433 g/mol. The number of thioether (sulfide) groups is 1. The predicted octanol–water partition coefficient (Wildman–Crippen LogP) is 3.23. The number of hydrogen-bond donors (Lipinski definition) is 1. The van der Waals surface area contributed by atoms with E-state index < -0.39 is 16.2 Å². The van der Waals surface area contributed by atoms with Crippen LogP contribution in [0.4, 0.5) is 0 Å². The molecule has 1 aromatic carbocycles. The first-order valence-corrected chi connectivity index (χ1v) is 12.0. The van der Waals surface area contributed by atoms with Gasteiger partial charge in [-0.25, -0.2) is 9.98 Å². The molecule has 1 N–H and O–H groups in total. The summed E-state index contributed by atoms with van der Waals surface area (Å²) in [5, 5.41) is 15.7. The molecule has 2 heterocycles. The molecular formula is C19H20N4O2S3. The van der Waals surface area contributed by atoms with Crippen molar-refractivity contribution in [1.29, 1.82) is 5.26 Å². The summed E-state index contributed by atoms with van der Waals surface area (Å²) < 4.78 is 17.3. The van der Waals surface area contributed by atoms with Crippen LogP contribution >= 0.6 is 23.1 Å². The van der Waals surface area contributed by atoms with Crippen LogP contribution in [0.2, 0.25) is 0 Å². The number of aliphatic imine (C=N–C) groups is 1. The molecule has 0 saturated heterocycles. The maximum Gasteiger partial charge on any atom is 0.163 e. The van der Waals surface area contributed by atoms with Crippen molar-refractivity contribution < 1.29 is 8.95 Å². The zero-order valence-corrected chi connectivity index (χ0v) is 17.8. The molecule has 0 aliphatic carbocycles. The Kier molecular flexibility index (Phi) is 7.80. The number of methoxy groups -OCH3 is 1. The molecule has 2 aromatic rings. The minimum atomic E-state index is -0.996. The number of nitrogens with one attached hydrogen (secondary N) is 1. The predicted molar refractivity (Wildman–Crippen MR) is 117 cm³/mol. The summed E-state index contributed by atoms with van der Waals surface area (Å²) in [5.74, 6) is 1.21. The minimum Gasteiger partial charge on any atom is -0.385 e. The monoisotopic (exact) mass is 432 g/mol. The molecule has 0 fully saturated rings. The minimum absolute atomic E-state index is 0.413. The lowest BCUT2D eigenvalue weighted by molar-refractivity contribution is 0.200. The van der Waals surface area contributed by atoms with Crippen molar-refractivity contribution >= 4 is 45.4 Å². The largest absolute Gasteiger partial charge is 0.385 e. The van der Waals surface area contributed by atoms with Crippen LogP contribution in [-0.2, 0) is 15.5 Å². The van der Waals surface area contributed by atoms with Gasteiger partial charge in [-0.1, -0.05) is 30.3 Å². The molecule has 146 valence electrons. The number of nitriles is 1. The van der Waals surface area contributed by atoms with Gasteiger partial charge in [0, 0.05) is 41.8 Å².